The zero-order valence-corrected chi connectivity index (χ0v) is 25.5. The van der Waals surface area contributed by atoms with Crippen LogP contribution in [-0.2, 0) is 4.79 Å². The number of carbonyl (C=O) groups excluding carboxylic acids is 1. The standard InChI is InChI=1S/C33H24BrFN4O6/c1-42-26-11-6-12-27-24(26)16-29(45-27)32-38-25-10-4-3-9-23(25)33(41)39(32)36-17-19-13-20(34)14-28(43-2)31(19)44-18-30(40)37-22-8-5-7-21(35)15-22/h3-17H,18H2,1-2H3,(H,37,40). The van der Waals surface area contributed by atoms with E-state index in [-0.39, 0.29) is 17.3 Å². The number of nitrogens with one attached hydrogen (secondary N) is 1. The third kappa shape index (κ3) is 6.13. The largest absolute Gasteiger partial charge is 0.496 e. The number of ether oxygens (including phenoxy) is 3. The molecule has 0 atom stereocenters. The first-order valence-corrected chi connectivity index (χ1v) is 14.3. The minimum absolute atomic E-state index is 0.159. The maximum absolute atomic E-state index is 13.8. The summed E-state index contributed by atoms with van der Waals surface area (Å²) < 4.78 is 38.3. The molecule has 1 amide bonds. The van der Waals surface area contributed by atoms with Gasteiger partial charge < -0.3 is 23.9 Å². The van der Waals surface area contributed by atoms with Crippen molar-refractivity contribution in [3.8, 4) is 28.8 Å². The molecule has 0 fully saturated rings. The zero-order chi connectivity index (χ0) is 31.5. The number of furan rings is 1. The molecule has 0 spiro atoms. The van der Waals surface area contributed by atoms with Crippen LogP contribution < -0.4 is 25.1 Å². The van der Waals surface area contributed by atoms with E-state index in [9.17, 15) is 14.0 Å². The summed E-state index contributed by atoms with van der Waals surface area (Å²) >= 11 is 3.46. The highest BCUT2D eigenvalue weighted by atomic mass is 79.9. The fourth-order valence-electron chi connectivity index (χ4n) is 4.72. The van der Waals surface area contributed by atoms with Crippen LogP contribution in [0.1, 0.15) is 5.56 Å². The summed E-state index contributed by atoms with van der Waals surface area (Å²) in [5, 5.41) is 8.17. The Kier molecular flexibility index (Phi) is 8.30. The van der Waals surface area contributed by atoms with Crippen LogP contribution in [-0.4, -0.2) is 42.6 Å². The number of halogens is 2. The van der Waals surface area contributed by atoms with E-state index in [1.165, 1.54) is 31.5 Å². The van der Waals surface area contributed by atoms with Crippen LogP contribution in [0, 0.1) is 5.82 Å². The van der Waals surface area contributed by atoms with Crippen molar-refractivity contribution in [2.45, 2.75) is 0 Å². The topological polar surface area (TPSA) is 117 Å². The number of para-hydroxylation sites is 1. The van der Waals surface area contributed by atoms with E-state index < -0.39 is 23.9 Å². The SMILES string of the molecule is COc1cc(Br)cc(C=Nn2c(-c3cc4c(OC)cccc4o3)nc3ccccc3c2=O)c1OCC(=O)Nc1cccc(F)c1. The second kappa shape index (κ2) is 12.6. The van der Waals surface area contributed by atoms with E-state index in [1.807, 2.05) is 0 Å². The molecule has 0 unspecified atom stereocenters. The first-order valence-electron chi connectivity index (χ1n) is 13.5. The van der Waals surface area contributed by atoms with Gasteiger partial charge in [0.15, 0.2) is 23.9 Å². The average molecular weight is 671 g/mol. The maximum Gasteiger partial charge on any atom is 0.282 e. The first-order chi connectivity index (χ1) is 21.8. The number of nitrogens with zero attached hydrogens (tertiary/aromatic N) is 3. The number of rotatable bonds is 9. The normalized spacial score (nSPS) is 11.3. The Hall–Kier alpha value is -5.49. The molecule has 0 saturated carbocycles. The van der Waals surface area contributed by atoms with Gasteiger partial charge in [-0.3, -0.25) is 9.59 Å². The second-order valence-electron chi connectivity index (χ2n) is 9.67. The summed E-state index contributed by atoms with van der Waals surface area (Å²) in [4.78, 5) is 31.1. The van der Waals surface area contributed by atoms with Crippen LogP contribution in [0.5, 0.6) is 17.2 Å². The average Bonchev–Trinajstić information content (AvgIpc) is 3.48. The summed E-state index contributed by atoms with van der Waals surface area (Å²) in [6.07, 6.45) is 1.40. The molecule has 0 saturated heterocycles. The lowest BCUT2D eigenvalue weighted by atomic mass is 10.2. The Morgan fingerprint density at radius 3 is 2.60 bits per heavy atom. The number of fused-ring (bicyclic) bond motifs is 2. The predicted molar refractivity (Wildman–Crippen MR) is 172 cm³/mol. The summed E-state index contributed by atoms with van der Waals surface area (Å²) in [6.45, 7) is -0.418. The van der Waals surface area contributed by atoms with Crippen molar-refractivity contribution in [3.63, 3.8) is 0 Å². The van der Waals surface area contributed by atoms with E-state index >= 15 is 0 Å². The van der Waals surface area contributed by atoms with Crippen LogP contribution >= 0.6 is 15.9 Å². The van der Waals surface area contributed by atoms with E-state index in [2.05, 4.69) is 26.3 Å². The Bertz CT molecular complexity index is 2160. The fourth-order valence-corrected chi connectivity index (χ4v) is 5.18. The molecule has 6 aromatic rings. The van der Waals surface area contributed by atoms with Gasteiger partial charge >= 0.3 is 0 Å². The highest BCUT2D eigenvalue weighted by Gasteiger charge is 2.19. The molecular weight excluding hydrogens is 647 g/mol. The van der Waals surface area contributed by atoms with Gasteiger partial charge in [0, 0.05) is 15.7 Å². The molecule has 0 radical (unpaired) electrons. The fraction of sp³-hybridized carbons (Fsp3) is 0.0909. The van der Waals surface area contributed by atoms with Crippen molar-refractivity contribution < 1.29 is 27.8 Å². The van der Waals surface area contributed by atoms with Crippen LogP contribution in [0.15, 0.2) is 104 Å². The van der Waals surface area contributed by atoms with Crippen molar-refractivity contribution in [1.82, 2.24) is 9.66 Å². The lowest BCUT2D eigenvalue weighted by Crippen LogP contribution is -2.21. The molecule has 4 aromatic carbocycles. The summed E-state index contributed by atoms with van der Waals surface area (Å²) in [7, 11) is 3.01. The molecule has 12 heteroatoms. The van der Waals surface area contributed by atoms with Crippen LogP contribution in [0.2, 0.25) is 0 Å². The number of anilines is 1. The van der Waals surface area contributed by atoms with Crippen LogP contribution in [0.4, 0.5) is 10.1 Å². The van der Waals surface area contributed by atoms with Crippen molar-refractivity contribution in [2.24, 2.45) is 5.10 Å². The number of carbonyl (C=O) groups is 1. The van der Waals surface area contributed by atoms with Crippen molar-refractivity contribution in [3.05, 3.63) is 111 Å². The highest BCUT2D eigenvalue weighted by molar-refractivity contribution is 9.10. The molecule has 10 nitrogen and oxygen atoms in total. The molecule has 0 aliphatic heterocycles. The number of hydrogen-bond donors (Lipinski definition) is 1. The van der Waals surface area contributed by atoms with Gasteiger partial charge in [-0.05, 0) is 60.7 Å². The maximum atomic E-state index is 13.8. The van der Waals surface area contributed by atoms with Gasteiger partial charge in [0.2, 0.25) is 5.82 Å². The lowest BCUT2D eigenvalue weighted by molar-refractivity contribution is -0.118. The third-order valence-corrected chi connectivity index (χ3v) is 7.21. The van der Waals surface area contributed by atoms with Gasteiger partial charge in [-0.15, -0.1) is 0 Å². The van der Waals surface area contributed by atoms with Crippen molar-refractivity contribution >= 4 is 55.6 Å². The summed E-state index contributed by atoms with van der Waals surface area (Å²) in [5.41, 5.74) is 1.25. The summed E-state index contributed by atoms with van der Waals surface area (Å²) in [6, 6.07) is 22.9. The quantitative estimate of drug-likeness (QED) is 0.172. The van der Waals surface area contributed by atoms with Crippen LogP contribution in [0.25, 0.3) is 33.5 Å². The molecule has 2 heterocycles. The second-order valence-corrected chi connectivity index (χ2v) is 10.6. The van der Waals surface area contributed by atoms with E-state index in [0.29, 0.717) is 49.2 Å². The van der Waals surface area contributed by atoms with Crippen molar-refractivity contribution in [2.75, 3.05) is 26.1 Å². The van der Waals surface area contributed by atoms with E-state index in [0.717, 1.165) is 4.68 Å². The molecule has 0 bridgehead atoms. The molecule has 1 N–H and O–H groups in total. The molecular formula is C33H24BrFN4O6. The monoisotopic (exact) mass is 670 g/mol. The van der Waals surface area contributed by atoms with E-state index in [4.69, 9.17) is 23.6 Å². The number of hydrogen-bond acceptors (Lipinski definition) is 8. The Morgan fingerprint density at radius 1 is 1.00 bits per heavy atom. The minimum Gasteiger partial charge on any atom is -0.496 e. The van der Waals surface area contributed by atoms with Gasteiger partial charge in [-0.2, -0.15) is 9.78 Å². The molecule has 0 aliphatic carbocycles. The van der Waals surface area contributed by atoms with Crippen molar-refractivity contribution in [1.29, 1.82) is 0 Å². The Balaban J connectivity index is 1.41. The van der Waals surface area contributed by atoms with Gasteiger partial charge in [-0.25, -0.2) is 9.37 Å². The number of amides is 1. The summed E-state index contributed by atoms with van der Waals surface area (Å²) in [5.74, 6) is 0.546. The number of aromatic nitrogens is 2. The predicted octanol–water partition coefficient (Wildman–Crippen LogP) is 6.63. The molecule has 45 heavy (non-hydrogen) atoms. The molecule has 6 rings (SSSR count). The molecule has 0 aliphatic rings. The third-order valence-electron chi connectivity index (χ3n) is 6.75. The first kappa shape index (κ1) is 29.6. The minimum atomic E-state index is -0.522. The highest BCUT2D eigenvalue weighted by Crippen LogP contribution is 2.35. The number of benzene rings is 4. The van der Waals surface area contributed by atoms with Gasteiger partial charge in [0.1, 0.15) is 17.1 Å². The van der Waals surface area contributed by atoms with E-state index in [1.54, 1.807) is 73.8 Å². The Labute approximate surface area is 263 Å². The van der Waals surface area contributed by atoms with Gasteiger partial charge in [0.05, 0.1) is 36.7 Å². The lowest BCUT2D eigenvalue weighted by Gasteiger charge is -2.14. The zero-order valence-electron chi connectivity index (χ0n) is 23.9. The number of methoxy groups -OCH3 is 2. The molecule has 226 valence electrons. The molecule has 2 aromatic heterocycles. The Morgan fingerprint density at radius 2 is 1.80 bits per heavy atom. The van der Waals surface area contributed by atoms with Gasteiger partial charge in [-0.1, -0.05) is 40.2 Å². The van der Waals surface area contributed by atoms with Gasteiger partial charge in [0.25, 0.3) is 11.5 Å². The smallest absolute Gasteiger partial charge is 0.282 e. The van der Waals surface area contributed by atoms with Crippen LogP contribution in [0.3, 0.4) is 0 Å².